The lowest BCUT2D eigenvalue weighted by Gasteiger charge is -2.30. The molecule has 4 nitrogen and oxygen atoms in total. The summed E-state index contributed by atoms with van der Waals surface area (Å²) in [5, 5.41) is 4.43. The molecule has 0 saturated heterocycles. The molecule has 2 heterocycles. The van der Waals surface area contributed by atoms with Gasteiger partial charge in [0.25, 0.3) is 0 Å². The number of hydrogen-bond acceptors (Lipinski definition) is 4. The first kappa shape index (κ1) is 39.3. The number of hydrogen-bond donors (Lipinski definition) is 0. The highest BCUT2D eigenvalue weighted by Crippen LogP contribution is 2.51. The van der Waals surface area contributed by atoms with Gasteiger partial charge in [-0.05, 0) is 118 Å². The lowest BCUT2D eigenvalue weighted by Crippen LogP contribution is -2.11. The van der Waals surface area contributed by atoms with E-state index in [1.54, 1.807) is 0 Å². The number of furan rings is 1. The molecule has 0 spiro atoms. The summed E-state index contributed by atoms with van der Waals surface area (Å²) in [6, 6.07) is 90.4. The van der Waals surface area contributed by atoms with E-state index in [4.69, 9.17) is 9.15 Å². The molecule has 12 aromatic rings. The molecule has 0 N–H and O–H groups in total. The number of anilines is 6. The van der Waals surface area contributed by atoms with Crippen molar-refractivity contribution in [2.75, 3.05) is 9.80 Å². The largest absolute Gasteiger partial charge is 0.456 e. The summed E-state index contributed by atoms with van der Waals surface area (Å²) in [7, 11) is 0. The van der Waals surface area contributed by atoms with Crippen molar-refractivity contribution in [1.29, 1.82) is 0 Å². The van der Waals surface area contributed by atoms with Crippen LogP contribution in [0.4, 0.5) is 34.1 Å². The molecular weight excluding hydrogens is 829 g/mol. The molecule has 13 rings (SSSR count). The van der Waals surface area contributed by atoms with Crippen LogP contribution in [0.1, 0.15) is 0 Å². The fourth-order valence-electron chi connectivity index (χ4n) is 9.98. The maximum atomic E-state index is 6.96. The second kappa shape index (κ2) is 16.4. The highest BCUT2D eigenvalue weighted by atomic mass is 16.5. The number of rotatable bonds is 9. The average molecular weight is 871 g/mol. The van der Waals surface area contributed by atoms with Crippen molar-refractivity contribution in [3.05, 3.63) is 255 Å². The van der Waals surface area contributed by atoms with Crippen LogP contribution < -0.4 is 14.5 Å². The summed E-state index contributed by atoms with van der Waals surface area (Å²) in [5.41, 5.74) is 17.2. The first-order valence-electron chi connectivity index (χ1n) is 23.1. The molecule has 4 heteroatoms. The Morgan fingerprint density at radius 1 is 0.279 bits per heavy atom. The third kappa shape index (κ3) is 6.86. The van der Waals surface area contributed by atoms with Crippen LogP contribution in [0.2, 0.25) is 0 Å². The zero-order valence-corrected chi connectivity index (χ0v) is 37.0. The maximum absolute atomic E-state index is 6.96. The van der Waals surface area contributed by atoms with Crippen molar-refractivity contribution in [1.82, 2.24) is 0 Å². The summed E-state index contributed by atoms with van der Waals surface area (Å²) in [4.78, 5) is 4.63. The zero-order valence-electron chi connectivity index (χ0n) is 37.0. The third-order valence-corrected chi connectivity index (χ3v) is 13.2. The monoisotopic (exact) mass is 870 g/mol. The fraction of sp³-hybridized carbons (Fsp3) is 0. The Bertz CT molecular complexity index is 3750. The van der Waals surface area contributed by atoms with Crippen LogP contribution >= 0.6 is 0 Å². The van der Waals surface area contributed by atoms with Gasteiger partial charge >= 0.3 is 0 Å². The average Bonchev–Trinajstić information content (AvgIpc) is 3.80. The van der Waals surface area contributed by atoms with Gasteiger partial charge in [-0.1, -0.05) is 170 Å². The standard InChI is InChI=1S/C64H42N2O2/c1-4-14-43(15-5-1)44-26-28-45(29-27-44)46-30-34-51(35-31-46)66(52-36-32-47(33-37-52)55-22-13-24-58-56-21-10-11-25-60(56)68-64(55)58)54-40-48-16-12-23-57-59-41-53(38-39-61(59)67-62(42-54)63(48)57)65(49-17-6-2-7-18-49)50-19-8-3-9-20-50/h1-42H. The summed E-state index contributed by atoms with van der Waals surface area (Å²) < 4.78 is 13.4. The van der Waals surface area contributed by atoms with E-state index in [9.17, 15) is 0 Å². The van der Waals surface area contributed by atoms with Gasteiger partial charge in [0.2, 0.25) is 0 Å². The van der Waals surface area contributed by atoms with E-state index >= 15 is 0 Å². The molecule has 11 aromatic carbocycles. The lowest BCUT2D eigenvalue weighted by molar-refractivity contribution is 0.487. The van der Waals surface area contributed by atoms with E-state index in [0.717, 1.165) is 106 Å². The normalized spacial score (nSPS) is 11.6. The Morgan fingerprint density at radius 3 is 1.46 bits per heavy atom. The molecule has 1 aliphatic heterocycles. The molecule has 1 aliphatic rings. The summed E-state index contributed by atoms with van der Waals surface area (Å²) >= 11 is 0. The van der Waals surface area contributed by atoms with Crippen LogP contribution in [0.5, 0.6) is 11.5 Å². The minimum atomic E-state index is 0.824. The van der Waals surface area contributed by atoms with Gasteiger partial charge in [-0.25, -0.2) is 0 Å². The van der Waals surface area contributed by atoms with Crippen LogP contribution in [-0.2, 0) is 0 Å². The molecule has 68 heavy (non-hydrogen) atoms. The Hall–Kier alpha value is -9.12. The molecule has 0 amide bonds. The summed E-state index contributed by atoms with van der Waals surface area (Å²) in [6.07, 6.45) is 0. The molecule has 0 fully saturated rings. The maximum Gasteiger partial charge on any atom is 0.143 e. The molecule has 0 aliphatic carbocycles. The third-order valence-electron chi connectivity index (χ3n) is 13.2. The number of para-hydroxylation sites is 4. The molecule has 0 saturated carbocycles. The molecule has 0 radical (unpaired) electrons. The summed E-state index contributed by atoms with van der Waals surface area (Å²) in [6.45, 7) is 0. The minimum absolute atomic E-state index is 0.824. The van der Waals surface area contributed by atoms with Crippen molar-refractivity contribution in [3.8, 4) is 56.0 Å². The predicted molar refractivity (Wildman–Crippen MR) is 282 cm³/mol. The number of benzene rings is 11. The number of ether oxygens (including phenoxy) is 1. The Morgan fingerprint density at radius 2 is 0.779 bits per heavy atom. The van der Waals surface area contributed by atoms with Gasteiger partial charge in [0.05, 0.1) is 5.69 Å². The quantitative estimate of drug-likeness (QED) is 0.144. The second-order valence-corrected chi connectivity index (χ2v) is 17.3. The Labute approximate surface area is 394 Å². The predicted octanol–water partition coefficient (Wildman–Crippen LogP) is 18.5. The van der Waals surface area contributed by atoms with Crippen LogP contribution in [0.3, 0.4) is 0 Å². The van der Waals surface area contributed by atoms with Crippen molar-refractivity contribution in [2.45, 2.75) is 0 Å². The van der Waals surface area contributed by atoms with Gasteiger partial charge in [0, 0.05) is 61.8 Å². The van der Waals surface area contributed by atoms with Gasteiger partial charge < -0.3 is 19.0 Å². The minimum Gasteiger partial charge on any atom is -0.456 e. The van der Waals surface area contributed by atoms with E-state index in [-0.39, 0.29) is 0 Å². The van der Waals surface area contributed by atoms with E-state index in [0.29, 0.717) is 0 Å². The van der Waals surface area contributed by atoms with Crippen LogP contribution in [0.15, 0.2) is 259 Å². The molecule has 0 unspecified atom stereocenters. The molecule has 0 bridgehead atoms. The number of fused-ring (bicyclic) bond motifs is 5. The van der Waals surface area contributed by atoms with Crippen molar-refractivity contribution in [3.63, 3.8) is 0 Å². The molecule has 0 atom stereocenters. The van der Waals surface area contributed by atoms with Crippen molar-refractivity contribution < 1.29 is 9.15 Å². The fourth-order valence-corrected chi connectivity index (χ4v) is 9.98. The van der Waals surface area contributed by atoms with Crippen LogP contribution in [0.25, 0.3) is 77.2 Å². The lowest BCUT2D eigenvalue weighted by atomic mass is 9.93. The molecule has 320 valence electrons. The van der Waals surface area contributed by atoms with Gasteiger partial charge in [0.15, 0.2) is 0 Å². The second-order valence-electron chi connectivity index (χ2n) is 17.3. The molecule has 1 aromatic heterocycles. The first-order chi connectivity index (χ1) is 33.7. The van der Waals surface area contributed by atoms with E-state index < -0.39 is 0 Å². The first-order valence-corrected chi connectivity index (χ1v) is 23.1. The van der Waals surface area contributed by atoms with Crippen LogP contribution in [0, 0.1) is 0 Å². The van der Waals surface area contributed by atoms with E-state index in [1.165, 1.54) is 16.7 Å². The summed E-state index contributed by atoms with van der Waals surface area (Å²) in [5.74, 6) is 1.65. The van der Waals surface area contributed by atoms with Gasteiger partial charge in [-0.2, -0.15) is 0 Å². The van der Waals surface area contributed by atoms with Crippen molar-refractivity contribution in [2.24, 2.45) is 0 Å². The highest BCUT2D eigenvalue weighted by Gasteiger charge is 2.25. The Kier molecular flexibility index (Phi) is 9.47. The zero-order chi connectivity index (χ0) is 45.0. The topological polar surface area (TPSA) is 28.9 Å². The van der Waals surface area contributed by atoms with E-state index in [1.807, 2.05) is 12.1 Å². The highest BCUT2D eigenvalue weighted by molar-refractivity contribution is 6.10. The smallest absolute Gasteiger partial charge is 0.143 e. The van der Waals surface area contributed by atoms with Gasteiger partial charge in [0.1, 0.15) is 22.7 Å². The van der Waals surface area contributed by atoms with Crippen molar-refractivity contribution >= 4 is 66.8 Å². The van der Waals surface area contributed by atoms with Gasteiger partial charge in [-0.15, -0.1) is 0 Å². The SMILES string of the molecule is c1ccc(-c2ccc(-c3ccc(N(c4ccc(-c5cccc6c5oc5ccccc56)cc4)c4cc5c6c(cccc6c4)-c4cc(N(c6ccccc6)c6ccccc6)ccc4O5)cc3)cc2)cc1. The number of nitrogens with zero attached hydrogens (tertiary/aromatic N) is 2. The van der Waals surface area contributed by atoms with Gasteiger partial charge in [-0.3, -0.25) is 0 Å². The molecular formula is C64H42N2O2. The van der Waals surface area contributed by atoms with Crippen LogP contribution in [-0.4, -0.2) is 0 Å². The Balaban J connectivity index is 0.909. The van der Waals surface area contributed by atoms with E-state index in [2.05, 4.69) is 252 Å².